The highest BCUT2D eigenvalue weighted by Gasteiger charge is 2.44. The first-order valence-electron chi connectivity index (χ1n) is 4.67. The lowest BCUT2D eigenvalue weighted by Gasteiger charge is -2.23. The van der Waals surface area contributed by atoms with Crippen molar-refractivity contribution < 1.29 is 13.9 Å². The summed E-state index contributed by atoms with van der Waals surface area (Å²) < 4.78 is 25.9. The van der Waals surface area contributed by atoms with Gasteiger partial charge in [0.1, 0.15) is 0 Å². The van der Waals surface area contributed by atoms with E-state index in [0.29, 0.717) is 12.5 Å². The van der Waals surface area contributed by atoms with Gasteiger partial charge < -0.3 is 5.11 Å². The van der Waals surface area contributed by atoms with Gasteiger partial charge in [-0.2, -0.15) is 0 Å². The fourth-order valence-electron chi connectivity index (χ4n) is 1.83. The maximum atomic E-state index is 12.9. The summed E-state index contributed by atoms with van der Waals surface area (Å²) in [5, 5.41) is 8.91. The van der Waals surface area contributed by atoms with Crippen molar-refractivity contribution in [1.82, 2.24) is 4.90 Å². The minimum absolute atomic E-state index is 0.164. The number of rotatable bonds is 3. The van der Waals surface area contributed by atoms with Gasteiger partial charge in [0.15, 0.2) is 0 Å². The van der Waals surface area contributed by atoms with E-state index in [1.807, 2.05) is 13.8 Å². The number of likely N-dealkylation sites (tertiary alicyclic amines) is 1. The van der Waals surface area contributed by atoms with Crippen molar-refractivity contribution in [2.24, 2.45) is 5.92 Å². The van der Waals surface area contributed by atoms with E-state index in [-0.39, 0.29) is 25.6 Å². The fraction of sp³-hybridized carbons (Fsp3) is 1.00. The number of alkyl halides is 2. The summed E-state index contributed by atoms with van der Waals surface area (Å²) in [6.45, 7) is 4.26. The minimum atomic E-state index is -2.61. The van der Waals surface area contributed by atoms with E-state index < -0.39 is 5.92 Å². The molecule has 1 aliphatic rings. The van der Waals surface area contributed by atoms with Crippen LogP contribution in [0.2, 0.25) is 0 Å². The third-order valence-corrected chi connectivity index (χ3v) is 2.30. The molecule has 0 bridgehead atoms. The van der Waals surface area contributed by atoms with E-state index in [4.69, 9.17) is 5.11 Å². The van der Waals surface area contributed by atoms with Crippen LogP contribution in [-0.2, 0) is 0 Å². The summed E-state index contributed by atoms with van der Waals surface area (Å²) in [7, 11) is 0. The molecule has 4 heteroatoms. The average molecular weight is 193 g/mol. The highest BCUT2D eigenvalue weighted by Crippen LogP contribution is 2.31. The van der Waals surface area contributed by atoms with E-state index in [0.717, 1.165) is 0 Å². The molecular formula is C9H17F2NO. The monoisotopic (exact) mass is 193 g/mol. The summed E-state index contributed by atoms with van der Waals surface area (Å²) in [5.74, 6) is -2.24. The van der Waals surface area contributed by atoms with E-state index in [9.17, 15) is 8.78 Å². The number of aliphatic hydroxyl groups excluding tert-OH is 1. The molecule has 1 aliphatic heterocycles. The molecule has 0 saturated carbocycles. The van der Waals surface area contributed by atoms with Crippen LogP contribution in [0, 0.1) is 5.92 Å². The van der Waals surface area contributed by atoms with Crippen LogP contribution in [0.4, 0.5) is 8.78 Å². The molecule has 1 heterocycles. The number of hydrogen-bond donors (Lipinski definition) is 1. The van der Waals surface area contributed by atoms with E-state index in [1.54, 1.807) is 4.90 Å². The summed E-state index contributed by atoms with van der Waals surface area (Å²) in [6.07, 6.45) is -0.198. The highest BCUT2D eigenvalue weighted by atomic mass is 19.3. The molecule has 1 saturated heterocycles. The molecule has 0 aromatic carbocycles. The van der Waals surface area contributed by atoms with Crippen molar-refractivity contribution in [3.63, 3.8) is 0 Å². The van der Waals surface area contributed by atoms with Crippen LogP contribution in [-0.4, -0.2) is 41.7 Å². The van der Waals surface area contributed by atoms with Gasteiger partial charge in [-0.05, 0) is 5.92 Å². The molecule has 1 N–H and O–H groups in total. The molecule has 13 heavy (non-hydrogen) atoms. The predicted octanol–water partition coefficient (Wildman–Crippen LogP) is 1.34. The molecule has 1 atom stereocenters. The molecule has 0 unspecified atom stereocenters. The lowest BCUT2D eigenvalue weighted by molar-refractivity contribution is 0.0110. The standard InChI is InChI=1S/C9H17F2NO/c1-7(2)4-12-6-9(10,11)3-8(12)5-13/h7-8,13H,3-6H2,1-2H3/t8-/m0/s1. The maximum absolute atomic E-state index is 12.9. The summed E-state index contributed by atoms with van der Waals surface area (Å²) >= 11 is 0. The van der Waals surface area contributed by atoms with Gasteiger partial charge in [-0.1, -0.05) is 13.8 Å². The summed E-state index contributed by atoms with van der Waals surface area (Å²) in [4.78, 5) is 1.69. The number of nitrogens with zero attached hydrogens (tertiary/aromatic N) is 1. The van der Waals surface area contributed by atoms with Crippen molar-refractivity contribution in [1.29, 1.82) is 0 Å². The molecule has 78 valence electrons. The Bertz CT molecular complexity index is 173. The first-order chi connectivity index (χ1) is 5.94. The topological polar surface area (TPSA) is 23.5 Å². The smallest absolute Gasteiger partial charge is 0.262 e. The normalized spacial score (nSPS) is 28.6. The minimum Gasteiger partial charge on any atom is -0.395 e. The van der Waals surface area contributed by atoms with Gasteiger partial charge in [-0.15, -0.1) is 0 Å². The predicted molar refractivity (Wildman–Crippen MR) is 46.8 cm³/mol. The van der Waals surface area contributed by atoms with E-state index in [1.165, 1.54) is 0 Å². The van der Waals surface area contributed by atoms with Gasteiger partial charge in [0.25, 0.3) is 5.92 Å². The van der Waals surface area contributed by atoms with Crippen molar-refractivity contribution in [3.05, 3.63) is 0 Å². The molecule has 1 rings (SSSR count). The van der Waals surface area contributed by atoms with Crippen molar-refractivity contribution in [2.75, 3.05) is 19.7 Å². The maximum Gasteiger partial charge on any atom is 0.262 e. The Kier molecular flexibility index (Phi) is 3.24. The van der Waals surface area contributed by atoms with Crippen LogP contribution in [0.5, 0.6) is 0 Å². The highest BCUT2D eigenvalue weighted by molar-refractivity contribution is 4.90. The Labute approximate surface area is 77.5 Å². The molecule has 0 amide bonds. The quantitative estimate of drug-likeness (QED) is 0.731. The first-order valence-corrected chi connectivity index (χ1v) is 4.67. The Morgan fingerprint density at radius 2 is 2.15 bits per heavy atom. The second-order valence-electron chi connectivity index (χ2n) is 4.22. The van der Waals surface area contributed by atoms with E-state index >= 15 is 0 Å². The largest absolute Gasteiger partial charge is 0.395 e. The first kappa shape index (κ1) is 10.9. The van der Waals surface area contributed by atoms with Crippen LogP contribution in [0.1, 0.15) is 20.3 Å². The van der Waals surface area contributed by atoms with Crippen molar-refractivity contribution in [3.8, 4) is 0 Å². The third kappa shape index (κ3) is 2.88. The zero-order chi connectivity index (χ0) is 10.1. The Balaban J connectivity index is 2.53. The molecule has 0 aromatic rings. The van der Waals surface area contributed by atoms with Gasteiger partial charge in [0, 0.05) is 19.0 Å². The molecule has 2 nitrogen and oxygen atoms in total. The molecule has 0 aliphatic carbocycles. The SMILES string of the molecule is CC(C)CN1CC(F)(F)C[C@H]1CO. The van der Waals surface area contributed by atoms with Crippen molar-refractivity contribution >= 4 is 0 Å². The molecule has 0 aromatic heterocycles. The van der Waals surface area contributed by atoms with Crippen LogP contribution < -0.4 is 0 Å². The second-order valence-corrected chi connectivity index (χ2v) is 4.22. The zero-order valence-electron chi connectivity index (χ0n) is 8.13. The van der Waals surface area contributed by atoms with Crippen LogP contribution in [0.15, 0.2) is 0 Å². The van der Waals surface area contributed by atoms with Gasteiger partial charge >= 0.3 is 0 Å². The zero-order valence-corrected chi connectivity index (χ0v) is 8.13. The molecule has 0 radical (unpaired) electrons. The van der Waals surface area contributed by atoms with Gasteiger partial charge in [0.2, 0.25) is 0 Å². The summed E-state index contributed by atoms with van der Waals surface area (Å²) in [6, 6.07) is -0.350. The number of aliphatic hydroxyl groups is 1. The number of hydrogen-bond acceptors (Lipinski definition) is 2. The van der Waals surface area contributed by atoms with Gasteiger partial charge in [-0.25, -0.2) is 8.78 Å². The van der Waals surface area contributed by atoms with Crippen molar-refractivity contribution in [2.45, 2.75) is 32.2 Å². The van der Waals surface area contributed by atoms with E-state index in [2.05, 4.69) is 0 Å². The average Bonchev–Trinajstić information content (AvgIpc) is 2.24. The van der Waals surface area contributed by atoms with Gasteiger partial charge in [-0.3, -0.25) is 4.90 Å². The van der Waals surface area contributed by atoms with Crippen LogP contribution >= 0.6 is 0 Å². The Morgan fingerprint density at radius 3 is 2.62 bits per heavy atom. The fourth-order valence-corrected chi connectivity index (χ4v) is 1.83. The second kappa shape index (κ2) is 3.88. The lowest BCUT2D eigenvalue weighted by Crippen LogP contribution is -2.35. The summed E-state index contributed by atoms with van der Waals surface area (Å²) in [5.41, 5.74) is 0. The molecular weight excluding hydrogens is 176 g/mol. The van der Waals surface area contributed by atoms with Gasteiger partial charge in [0.05, 0.1) is 13.2 Å². The Morgan fingerprint density at radius 1 is 1.54 bits per heavy atom. The lowest BCUT2D eigenvalue weighted by atomic mass is 10.2. The third-order valence-electron chi connectivity index (χ3n) is 2.30. The Hall–Kier alpha value is -0.220. The molecule has 0 spiro atoms. The van der Waals surface area contributed by atoms with Crippen LogP contribution in [0.25, 0.3) is 0 Å². The molecule has 1 fully saturated rings. The number of halogens is 2. The van der Waals surface area contributed by atoms with Crippen LogP contribution in [0.3, 0.4) is 0 Å².